The fraction of sp³-hybridized carbons (Fsp3) is 0.130. The molecule has 1 N–H and O–H groups in total. The lowest BCUT2D eigenvalue weighted by molar-refractivity contribution is -0.116. The molecule has 0 atom stereocenters. The smallest absolute Gasteiger partial charge is 0.275 e. The first-order chi connectivity index (χ1) is 14.4. The van der Waals surface area contributed by atoms with Gasteiger partial charge in [0, 0.05) is 29.0 Å². The molecule has 0 aliphatic heterocycles. The second-order valence-electron chi connectivity index (χ2n) is 7.10. The summed E-state index contributed by atoms with van der Waals surface area (Å²) in [5, 5.41) is 3.30. The van der Waals surface area contributed by atoms with Gasteiger partial charge >= 0.3 is 0 Å². The molecule has 0 bridgehead atoms. The Morgan fingerprint density at radius 3 is 2.43 bits per heavy atom. The van der Waals surface area contributed by atoms with E-state index >= 15 is 0 Å². The van der Waals surface area contributed by atoms with Crippen molar-refractivity contribution in [2.75, 3.05) is 5.32 Å². The molecule has 2 aromatic carbocycles. The SMILES string of the molecule is Cc1ccc(NC(=O)Cn2ccc3ccn(Cc4ccccc4F)c3c2=O)cc1F. The Bertz CT molecular complexity index is 1310. The lowest BCUT2D eigenvalue weighted by Gasteiger charge is -2.10. The molecule has 0 fully saturated rings. The molecule has 5 nitrogen and oxygen atoms in total. The second kappa shape index (κ2) is 7.94. The molecular formula is C23H19F2N3O2. The van der Waals surface area contributed by atoms with Crippen LogP contribution in [-0.2, 0) is 17.9 Å². The quantitative estimate of drug-likeness (QED) is 0.542. The average molecular weight is 407 g/mol. The van der Waals surface area contributed by atoms with Crippen molar-refractivity contribution < 1.29 is 13.6 Å². The molecule has 0 radical (unpaired) electrons. The Morgan fingerprint density at radius 1 is 0.967 bits per heavy atom. The summed E-state index contributed by atoms with van der Waals surface area (Å²) in [6, 6.07) is 14.3. The molecule has 7 heteroatoms. The molecule has 4 aromatic rings. The number of benzene rings is 2. The number of halogens is 2. The van der Waals surface area contributed by atoms with Crippen LogP contribution in [0.1, 0.15) is 11.1 Å². The molecule has 2 aromatic heterocycles. The molecule has 1 amide bonds. The van der Waals surface area contributed by atoms with Crippen molar-refractivity contribution in [1.29, 1.82) is 0 Å². The zero-order chi connectivity index (χ0) is 21.3. The van der Waals surface area contributed by atoms with Crippen molar-refractivity contribution in [3.8, 4) is 0 Å². The molecule has 0 unspecified atom stereocenters. The summed E-state index contributed by atoms with van der Waals surface area (Å²) in [5.41, 5.74) is 1.28. The van der Waals surface area contributed by atoms with Crippen molar-refractivity contribution in [2.45, 2.75) is 20.0 Å². The third kappa shape index (κ3) is 3.87. The standard InChI is InChI=1S/C23H19F2N3O2/c1-15-6-7-18(12-20(15)25)26-21(29)14-28-11-9-16-8-10-27(22(16)23(28)30)13-17-4-2-3-5-19(17)24/h2-12H,13-14H2,1H3,(H,26,29). The normalized spacial score (nSPS) is 11.0. The molecule has 2 heterocycles. The van der Waals surface area contributed by atoms with Crippen LogP contribution in [0.3, 0.4) is 0 Å². The first-order valence-corrected chi connectivity index (χ1v) is 9.40. The summed E-state index contributed by atoms with van der Waals surface area (Å²) in [6.07, 6.45) is 3.26. The monoisotopic (exact) mass is 407 g/mol. The highest BCUT2D eigenvalue weighted by Gasteiger charge is 2.13. The van der Waals surface area contributed by atoms with Gasteiger partial charge in [0.1, 0.15) is 23.7 Å². The summed E-state index contributed by atoms with van der Waals surface area (Å²) in [7, 11) is 0. The van der Waals surface area contributed by atoms with Crippen LogP contribution in [0.4, 0.5) is 14.5 Å². The van der Waals surface area contributed by atoms with E-state index < -0.39 is 11.7 Å². The number of nitrogens with one attached hydrogen (secondary N) is 1. The Morgan fingerprint density at radius 2 is 1.70 bits per heavy atom. The van der Waals surface area contributed by atoms with Gasteiger partial charge in [-0.3, -0.25) is 9.59 Å². The predicted octanol–water partition coefficient (Wildman–Crippen LogP) is 4.08. The Balaban J connectivity index is 1.60. The highest BCUT2D eigenvalue weighted by atomic mass is 19.1. The van der Waals surface area contributed by atoms with Crippen LogP contribution in [0.5, 0.6) is 0 Å². The fourth-order valence-electron chi connectivity index (χ4n) is 3.34. The second-order valence-corrected chi connectivity index (χ2v) is 7.10. The van der Waals surface area contributed by atoms with E-state index in [1.54, 1.807) is 60.2 Å². The van der Waals surface area contributed by atoms with Crippen LogP contribution < -0.4 is 10.9 Å². The summed E-state index contributed by atoms with van der Waals surface area (Å²) in [5.74, 6) is -1.22. The van der Waals surface area contributed by atoms with Gasteiger partial charge in [0.25, 0.3) is 5.56 Å². The van der Waals surface area contributed by atoms with E-state index in [-0.39, 0.29) is 24.5 Å². The fourth-order valence-corrected chi connectivity index (χ4v) is 3.34. The van der Waals surface area contributed by atoms with E-state index in [9.17, 15) is 18.4 Å². The summed E-state index contributed by atoms with van der Waals surface area (Å²) < 4.78 is 30.6. The number of hydrogen-bond acceptors (Lipinski definition) is 2. The van der Waals surface area contributed by atoms with Gasteiger partial charge in [0.05, 0.1) is 6.54 Å². The number of fused-ring (bicyclic) bond motifs is 1. The maximum absolute atomic E-state index is 14.0. The van der Waals surface area contributed by atoms with Gasteiger partial charge in [-0.1, -0.05) is 24.3 Å². The zero-order valence-electron chi connectivity index (χ0n) is 16.2. The molecule has 0 spiro atoms. The number of anilines is 1. The van der Waals surface area contributed by atoms with Gasteiger partial charge in [-0.15, -0.1) is 0 Å². The van der Waals surface area contributed by atoms with Crippen LogP contribution in [0.15, 0.2) is 71.8 Å². The Hall–Kier alpha value is -3.74. The molecule has 4 rings (SSSR count). The number of hydrogen-bond donors (Lipinski definition) is 1. The number of nitrogens with zero attached hydrogens (tertiary/aromatic N) is 2. The van der Waals surface area contributed by atoms with Gasteiger partial charge < -0.3 is 14.5 Å². The van der Waals surface area contributed by atoms with Crippen molar-refractivity contribution in [2.24, 2.45) is 0 Å². The number of carbonyl (C=O) groups is 1. The van der Waals surface area contributed by atoms with Gasteiger partial charge in [-0.2, -0.15) is 0 Å². The van der Waals surface area contributed by atoms with Crippen molar-refractivity contribution in [3.05, 3.63) is 100 Å². The van der Waals surface area contributed by atoms with Crippen molar-refractivity contribution >= 4 is 22.5 Å². The van der Waals surface area contributed by atoms with Crippen molar-refractivity contribution in [1.82, 2.24) is 9.13 Å². The molecular weight excluding hydrogens is 388 g/mol. The summed E-state index contributed by atoms with van der Waals surface area (Å²) in [4.78, 5) is 25.4. The maximum Gasteiger partial charge on any atom is 0.275 e. The first kappa shape index (κ1) is 19.6. The van der Waals surface area contributed by atoms with E-state index in [4.69, 9.17) is 0 Å². The highest BCUT2D eigenvalue weighted by Crippen LogP contribution is 2.16. The third-order valence-electron chi connectivity index (χ3n) is 4.96. The molecule has 0 aliphatic rings. The van der Waals surface area contributed by atoms with E-state index in [1.165, 1.54) is 22.9 Å². The van der Waals surface area contributed by atoms with E-state index in [2.05, 4.69) is 5.32 Å². The minimum Gasteiger partial charge on any atom is -0.338 e. The van der Waals surface area contributed by atoms with Crippen LogP contribution in [0.25, 0.3) is 10.9 Å². The van der Waals surface area contributed by atoms with Gasteiger partial charge in [-0.25, -0.2) is 8.78 Å². The molecule has 0 saturated carbocycles. The van der Waals surface area contributed by atoms with Crippen molar-refractivity contribution in [3.63, 3.8) is 0 Å². The average Bonchev–Trinajstić information content (AvgIpc) is 3.12. The number of pyridine rings is 1. The van der Waals surface area contributed by atoms with E-state index in [1.807, 2.05) is 0 Å². The highest BCUT2D eigenvalue weighted by molar-refractivity contribution is 5.90. The number of amides is 1. The number of rotatable bonds is 5. The lowest BCUT2D eigenvalue weighted by Crippen LogP contribution is -2.28. The predicted molar refractivity (Wildman–Crippen MR) is 111 cm³/mol. The van der Waals surface area contributed by atoms with Gasteiger partial charge in [0.2, 0.25) is 5.91 Å². The van der Waals surface area contributed by atoms with Gasteiger partial charge in [-0.05, 0) is 42.8 Å². The largest absolute Gasteiger partial charge is 0.338 e. The third-order valence-corrected chi connectivity index (χ3v) is 4.96. The molecule has 0 saturated heterocycles. The Kier molecular flexibility index (Phi) is 5.18. The van der Waals surface area contributed by atoms with Crippen LogP contribution in [-0.4, -0.2) is 15.0 Å². The summed E-state index contributed by atoms with van der Waals surface area (Å²) >= 11 is 0. The van der Waals surface area contributed by atoms with Gasteiger partial charge in [0.15, 0.2) is 0 Å². The van der Waals surface area contributed by atoms with Crippen LogP contribution >= 0.6 is 0 Å². The zero-order valence-corrected chi connectivity index (χ0v) is 16.2. The number of aromatic nitrogens is 2. The lowest BCUT2D eigenvalue weighted by atomic mass is 10.2. The van der Waals surface area contributed by atoms with E-state index in [0.717, 1.165) is 0 Å². The maximum atomic E-state index is 14.0. The van der Waals surface area contributed by atoms with Crippen LogP contribution in [0, 0.1) is 18.6 Å². The Labute approximate surface area is 171 Å². The number of aryl methyl sites for hydroxylation is 1. The summed E-state index contributed by atoms with van der Waals surface area (Å²) in [6.45, 7) is 1.60. The van der Waals surface area contributed by atoms with E-state index in [0.29, 0.717) is 27.7 Å². The first-order valence-electron chi connectivity index (χ1n) is 9.40. The minimum absolute atomic E-state index is 0.199. The topological polar surface area (TPSA) is 56.0 Å². The number of carbonyl (C=O) groups excluding carboxylic acids is 1. The molecule has 30 heavy (non-hydrogen) atoms. The molecule has 0 aliphatic carbocycles. The van der Waals surface area contributed by atoms with Crippen LogP contribution in [0.2, 0.25) is 0 Å². The molecule has 152 valence electrons. The minimum atomic E-state index is -0.452.